The number of esters is 1. The highest BCUT2D eigenvalue weighted by atomic mass is 16.5. The number of ether oxygens (including phenoxy) is 1. The summed E-state index contributed by atoms with van der Waals surface area (Å²) in [7, 11) is 0. The Kier molecular flexibility index (Phi) is 36.8. The highest BCUT2D eigenvalue weighted by molar-refractivity contribution is 5.77. The molecule has 0 spiro atoms. The molecule has 3 N–H and O–H groups in total. The normalized spacial score (nSPS) is 13.8. The van der Waals surface area contributed by atoms with Gasteiger partial charge in [0.2, 0.25) is 5.91 Å². The second-order valence-corrected chi connectivity index (χ2v) is 14.4. The Morgan fingerprint density at radius 1 is 0.600 bits per heavy atom. The Hall–Kier alpha value is -1.92. The first-order valence-electron chi connectivity index (χ1n) is 21.2. The van der Waals surface area contributed by atoms with Crippen LogP contribution in [-0.4, -0.2) is 46.9 Å². The van der Waals surface area contributed by atoms with Crippen molar-refractivity contribution >= 4 is 11.9 Å². The first-order chi connectivity index (χ1) is 24.5. The zero-order chi connectivity index (χ0) is 36.8. The predicted octanol–water partition coefficient (Wildman–Crippen LogP) is 11.8. The van der Waals surface area contributed by atoms with Crippen molar-refractivity contribution in [3.8, 4) is 0 Å². The molecule has 0 heterocycles. The summed E-state index contributed by atoms with van der Waals surface area (Å²) in [6, 6.07) is -0.702. The third-order valence-corrected chi connectivity index (χ3v) is 9.43. The highest BCUT2D eigenvalue weighted by Crippen LogP contribution is 2.17. The van der Waals surface area contributed by atoms with Crippen LogP contribution in [0.5, 0.6) is 0 Å². The molecule has 1 amide bonds. The first-order valence-corrected chi connectivity index (χ1v) is 21.2. The van der Waals surface area contributed by atoms with Crippen LogP contribution in [0.15, 0.2) is 36.5 Å². The summed E-state index contributed by atoms with van der Waals surface area (Å²) < 4.78 is 5.86. The number of aliphatic hydroxyl groups excluding tert-OH is 2. The number of carbonyl (C=O) groups is 2. The van der Waals surface area contributed by atoms with Gasteiger partial charge in [-0.05, 0) is 70.6 Å². The highest BCUT2D eigenvalue weighted by Gasteiger charge is 2.24. The number of hydrogen-bond donors (Lipinski definition) is 3. The van der Waals surface area contributed by atoms with Crippen LogP contribution in [0.3, 0.4) is 0 Å². The van der Waals surface area contributed by atoms with Crippen LogP contribution in [0.1, 0.15) is 207 Å². The molecule has 3 unspecified atom stereocenters. The smallest absolute Gasteiger partial charge is 0.306 e. The number of rotatable bonds is 37. The Morgan fingerprint density at radius 2 is 1.12 bits per heavy atom. The van der Waals surface area contributed by atoms with Crippen LogP contribution in [0.4, 0.5) is 0 Å². The lowest BCUT2D eigenvalue weighted by Gasteiger charge is -2.24. The van der Waals surface area contributed by atoms with E-state index in [1.807, 2.05) is 0 Å². The van der Waals surface area contributed by atoms with E-state index in [1.54, 1.807) is 0 Å². The van der Waals surface area contributed by atoms with Crippen LogP contribution in [-0.2, 0) is 14.3 Å². The van der Waals surface area contributed by atoms with Crippen LogP contribution in [0.2, 0.25) is 0 Å². The quantitative estimate of drug-likeness (QED) is 0.0340. The second-order valence-electron chi connectivity index (χ2n) is 14.4. The molecule has 0 rings (SSSR count). The number of allylic oxidation sites excluding steroid dienone is 6. The van der Waals surface area contributed by atoms with Gasteiger partial charge in [-0.25, -0.2) is 0 Å². The largest absolute Gasteiger partial charge is 0.462 e. The summed E-state index contributed by atoms with van der Waals surface area (Å²) >= 11 is 0. The average Bonchev–Trinajstić information content (AvgIpc) is 3.10. The number of carbonyl (C=O) groups excluding carboxylic acids is 2. The summed E-state index contributed by atoms with van der Waals surface area (Å²) in [6.45, 7) is 6.27. The van der Waals surface area contributed by atoms with Gasteiger partial charge in [0, 0.05) is 6.42 Å². The average molecular weight is 704 g/mol. The number of unbranched alkanes of at least 4 members (excludes halogenated alkanes) is 19. The molecular formula is C44H81NO5. The number of nitrogens with one attached hydrogen (secondary N) is 1. The molecule has 0 aromatic rings. The SMILES string of the molecule is CC/C=C/C/C=C/CCCCCCCC(CC(=O)NC(CO)C(O)CCCCCCCCCCC)OC(=O)CCCCCCC/C=C\CCC. The van der Waals surface area contributed by atoms with Crippen molar-refractivity contribution in [1.82, 2.24) is 5.32 Å². The predicted molar refractivity (Wildman–Crippen MR) is 213 cm³/mol. The van der Waals surface area contributed by atoms with Gasteiger partial charge in [-0.2, -0.15) is 0 Å². The number of aliphatic hydroxyl groups is 2. The molecule has 6 heteroatoms. The first kappa shape index (κ1) is 48.1. The molecule has 0 aromatic carbocycles. The Balaban J connectivity index is 4.64. The van der Waals surface area contributed by atoms with E-state index in [-0.39, 0.29) is 24.9 Å². The van der Waals surface area contributed by atoms with Gasteiger partial charge < -0.3 is 20.3 Å². The van der Waals surface area contributed by atoms with Crippen molar-refractivity contribution in [2.45, 2.75) is 225 Å². The molecular weight excluding hydrogens is 622 g/mol. The standard InChI is InChI=1S/C44H81NO5/c1-4-7-10-13-16-19-21-22-24-26-29-32-35-40(50-44(49)37-34-31-28-25-20-17-14-11-8-5-2)38-43(48)45-41(39-46)42(47)36-33-30-27-23-18-15-12-9-6-3/h7,10-11,14,16,19,40-42,46-47H,4-6,8-9,12-13,15,17-18,20-39H2,1-3H3,(H,45,48)/b10-7+,14-11-,19-16+. The van der Waals surface area contributed by atoms with E-state index in [0.717, 1.165) is 89.9 Å². The van der Waals surface area contributed by atoms with E-state index in [0.29, 0.717) is 19.3 Å². The summed E-state index contributed by atoms with van der Waals surface area (Å²) in [6.07, 6.45) is 42.1. The fourth-order valence-corrected chi connectivity index (χ4v) is 6.23. The molecule has 0 aliphatic heterocycles. The van der Waals surface area contributed by atoms with Crippen molar-refractivity contribution in [3.63, 3.8) is 0 Å². The molecule has 50 heavy (non-hydrogen) atoms. The lowest BCUT2D eigenvalue weighted by Crippen LogP contribution is -2.46. The lowest BCUT2D eigenvalue weighted by atomic mass is 10.0. The van der Waals surface area contributed by atoms with Crippen molar-refractivity contribution < 1.29 is 24.5 Å². The van der Waals surface area contributed by atoms with Gasteiger partial charge in [-0.3, -0.25) is 9.59 Å². The van der Waals surface area contributed by atoms with Crippen molar-refractivity contribution in [2.75, 3.05) is 6.61 Å². The molecule has 292 valence electrons. The van der Waals surface area contributed by atoms with Crippen LogP contribution >= 0.6 is 0 Å². The minimum atomic E-state index is -0.787. The molecule has 6 nitrogen and oxygen atoms in total. The molecule has 0 bridgehead atoms. The van der Waals surface area contributed by atoms with E-state index >= 15 is 0 Å². The van der Waals surface area contributed by atoms with E-state index in [9.17, 15) is 19.8 Å². The summed E-state index contributed by atoms with van der Waals surface area (Å²) in [5.74, 6) is -0.503. The molecule has 0 aliphatic rings. The summed E-state index contributed by atoms with van der Waals surface area (Å²) in [4.78, 5) is 25.8. The van der Waals surface area contributed by atoms with Crippen molar-refractivity contribution in [2.24, 2.45) is 0 Å². The fourth-order valence-electron chi connectivity index (χ4n) is 6.23. The van der Waals surface area contributed by atoms with Gasteiger partial charge in [-0.15, -0.1) is 0 Å². The van der Waals surface area contributed by atoms with Crippen LogP contribution in [0.25, 0.3) is 0 Å². The van der Waals surface area contributed by atoms with Crippen molar-refractivity contribution in [1.29, 1.82) is 0 Å². The summed E-state index contributed by atoms with van der Waals surface area (Å²) in [5, 5.41) is 23.5. The van der Waals surface area contributed by atoms with Gasteiger partial charge in [0.25, 0.3) is 0 Å². The maximum atomic E-state index is 13.1. The number of hydrogen-bond acceptors (Lipinski definition) is 5. The molecule has 0 aliphatic carbocycles. The minimum Gasteiger partial charge on any atom is -0.462 e. The second kappa shape index (κ2) is 38.3. The van der Waals surface area contributed by atoms with Gasteiger partial charge in [-0.1, -0.05) is 160 Å². The van der Waals surface area contributed by atoms with E-state index < -0.39 is 18.2 Å². The number of amides is 1. The van der Waals surface area contributed by atoms with Crippen LogP contribution in [0, 0.1) is 0 Å². The molecule has 3 atom stereocenters. The molecule has 0 saturated carbocycles. The fraction of sp³-hybridized carbons (Fsp3) is 0.818. The maximum Gasteiger partial charge on any atom is 0.306 e. The molecule has 0 saturated heterocycles. The zero-order valence-corrected chi connectivity index (χ0v) is 33.0. The lowest BCUT2D eigenvalue weighted by molar-refractivity contribution is -0.151. The van der Waals surface area contributed by atoms with Gasteiger partial charge in [0.15, 0.2) is 0 Å². The van der Waals surface area contributed by atoms with Gasteiger partial charge in [0.1, 0.15) is 6.10 Å². The third kappa shape index (κ3) is 33.2. The topological polar surface area (TPSA) is 95.9 Å². The Bertz CT molecular complexity index is 838. The van der Waals surface area contributed by atoms with E-state index in [2.05, 4.69) is 62.5 Å². The molecule has 0 radical (unpaired) electrons. The minimum absolute atomic E-state index is 0.0653. The Morgan fingerprint density at radius 3 is 1.72 bits per heavy atom. The Labute approximate surface area is 309 Å². The summed E-state index contributed by atoms with van der Waals surface area (Å²) in [5.41, 5.74) is 0. The van der Waals surface area contributed by atoms with Gasteiger partial charge >= 0.3 is 5.97 Å². The van der Waals surface area contributed by atoms with E-state index in [1.165, 1.54) is 70.6 Å². The van der Waals surface area contributed by atoms with Gasteiger partial charge in [0.05, 0.1) is 25.2 Å². The zero-order valence-electron chi connectivity index (χ0n) is 33.0. The molecule has 0 aromatic heterocycles. The molecule has 0 fully saturated rings. The monoisotopic (exact) mass is 704 g/mol. The van der Waals surface area contributed by atoms with E-state index in [4.69, 9.17) is 4.74 Å². The van der Waals surface area contributed by atoms with Crippen molar-refractivity contribution in [3.05, 3.63) is 36.5 Å². The third-order valence-electron chi connectivity index (χ3n) is 9.43. The van der Waals surface area contributed by atoms with Crippen LogP contribution < -0.4 is 5.32 Å². The maximum absolute atomic E-state index is 13.1.